The van der Waals surface area contributed by atoms with Crippen molar-refractivity contribution in [3.05, 3.63) is 78.9 Å². The van der Waals surface area contributed by atoms with Crippen LogP contribution >= 0.6 is 0 Å². The van der Waals surface area contributed by atoms with Gasteiger partial charge >= 0.3 is 0 Å². The Kier molecular flexibility index (Phi) is 5.64. The van der Waals surface area contributed by atoms with Gasteiger partial charge in [-0.3, -0.25) is 4.72 Å². The van der Waals surface area contributed by atoms with Crippen LogP contribution in [0, 0.1) is 0 Å². The Hall–Kier alpha value is -2.68. The Balaban J connectivity index is 1.67. The minimum Gasteiger partial charge on any atom is -0.280 e. The van der Waals surface area contributed by atoms with Gasteiger partial charge in [0.2, 0.25) is 10.0 Å². The van der Waals surface area contributed by atoms with Gasteiger partial charge < -0.3 is 0 Å². The van der Waals surface area contributed by atoms with Crippen molar-refractivity contribution in [1.29, 1.82) is 0 Å². The Morgan fingerprint density at radius 3 is 2.13 bits per heavy atom. The molecule has 6 nitrogen and oxygen atoms in total. The quantitative estimate of drug-likeness (QED) is 0.627. The minimum absolute atomic E-state index is 0.0842. The van der Waals surface area contributed by atoms with E-state index >= 15 is 0 Å². The SMILES string of the molecule is O=S(=O)(Nc1cccc(S(=O)(=O)N2CCCC2)c1)c1ccccc1-c1ccccc1. The summed E-state index contributed by atoms with van der Waals surface area (Å²) in [6.07, 6.45) is 1.67. The van der Waals surface area contributed by atoms with Crippen LogP contribution in [-0.2, 0) is 20.0 Å². The second kappa shape index (κ2) is 8.22. The van der Waals surface area contributed by atoms with Gasteiger partial charge in [0.05, 0.1) is 15.5 Å². The van der Waals surface area contributed by atoms with E-state index in [9.17, 15) is 16.8 Å². The van der Waals surface area contributed by atoms with Gasteiger partial charge in [-0.15, -0.1) is 0 Å². The average Bonchev–Trinajstić information content (AvgIpc) is 3.30. The topological polar surface area (TPSA) is 83.5 Å². The van der Waals surface area contributed by atoms with Crippen LogP contribution in [0.1, 0.15) is 12.8 Å². The first-order valence-electron chi connectivity index (χ1n) is 9.65. The molecule has 0 unspecified atom stereocenters. The Morgan fingerprint density at radius 1 is 0.733 bits per heavy atom. The van der Waals surface area contributed by atoms with Crippen molar-refractivity contribution < 1.29 is 16.8 Å². The number of hydrogen-bond donors (Lipinski definition) is 1. The molecule has 1 aliphatic heterocycles. The van der Waals surface area contributed by atoms with E-state index in [-0.39, 0.29) is 15.5 Å². The molecule has 8 heteroatoms. The molecule has 0 saturated carbocycles. The molecule has 0 aliphatic carbocycles. The van der Waals surface area contributed by atoms with Crippen molar-refractivity contribution in [3.63, 3.8) is 0 Å². The first-order valence-corrected chi connectivity index (χ1v) is 12.6. The molecule has 1 fully saturated rings. The highest BCUT2D eigenvalue weighted by molar-refractivity contribution is 7.93. The number of benzene rings is 3. The molecule has 3 aromatic carbocycles. The standard InChI is InChI=1S/C22H22N2O4S2/c25-29(26,22-14-5-4-13-21(22)18-9-2-1-3-10-18)23-19-11-8-12-20(17-19)30(27,28)24-15-6-7-16-24/h1-5,8-14,17,23H,6-7,15-16H2. The van der Waals surface area contributed by atoms with Crippen molar-refractivity contribution in [2.75, 3.05) is 17.8 Å². The highest BCUT2D eigenvalue weighted by Gasteiger charge is 2.27. The summed E-state index contributed by atoms with van der Waals surface area (Å²) in [4.78, 5) is 0.213. The molecule has 0 atom stereocenters. The highest BCUT2D eigenvalue weighted by Crippen LogP contribution is 2.29. The molecule has 1 N–H and O–H groups in total. The maximum absolute atomic E-state index is 13.1. The van der Waals surface area contributed by atoms with Gasteiger partial charge in [-0.05, 0) is 42.7 Å². The summed E-state index contributed by atoms with van der Waals surface area (Å²) < 4.78 is 55.9. The van der Waals surface area contributed by atoms with Crippen molar-refractivity contribution in [3.8, 4) is 11.1 Å². The Bertz CT molecular complexity index is 1250. The molecule has 30 heavy (non-hydrogen) atoms. The second-order valence-corrected chi connectivity index (χ2v) is 10.7. The molecule has 1 saturated heterocycles. The van der Waals surface area contributed by atoms with Gasteiger partial charge in [-0.2, -0.15) is 4.31 Å². The molecule has 4 rings (SSSR count). The summed E-state index contributed by atoms with van der Waals surface area (Å²) in [5.41, 5.74) is 1.56. The third kappa shape index (κ3) is 4.12. The van der Waals surface area contributed by atoms with Crippen molar-refractivity contribution in [2.24, 2.45) is 0 Å². The van der Waals surface area contributed by atoms with Crippen LogP contribution in [0.3, 0.4) is 0 Å². The van der Waals surface area contributed by atoms with Crippen LogP contribution < -0.4 is 4.72 Å². The van der Waals surface area contributed by atoms with Crippen molar-refractivity contribution in [1.82, 2.24) is 4.31 Å². The number of rotatable bonds is 6. The lowest BCUT2D eigenvalue weighted by atomic mass is 10.1. The summed E-state index contributed by atoms with van der Waals surface area (Å²) in [7, 11) is -7.57. The molecule has 156 valence electrons. The first-order chi connectivity index (χ1) is 14.4. The lowest BCUT2D eigenvalue weighted by Gasteiger charge is -2.17. The molecule has 1 aliphatic rings. The average molecular weight is 443 g/mol. The lowest BCUT2D eigenvalue weighted by molar-refractivity contribution is 0.477. The monoisotopic (exact) mass is 442 g/mol. The van der Waals surface area contributed by atoms with Gasteiger partial charge in [-0.25, -0.2) is 16.8 Å². The Morgan fingerprint density at radius 2 is 1.40 bits per heavy atom. The Labute approximate surface area is 177 Å². The molecule has 0 radical (unpaired) electrons. The van der Waals surface area contributed by atoms with Crippen LogP contribution in [0.4, 0.5) is 5.69 Å². The van der Waals surface area contributed by atoms with Crippen LogP contribution in [0.15, 0.2) is 88.7 Å². The maximum atomic E-state index is 13.1. The summed E-state index contributed by atoms with van der Waals surface area (Å²) in [5.74, 6) is 0. The fraction of sp³-hybridized carbons (Fsp3) is 0.182. The lowest BCUT2D eigenvalue weighted by Crippen LogP contribution is -2.27. The smallest absolute Gasteiger partial charge is 0.262 e. The molecular formula is C22H22N2O4S2. The van der Waals surface area contributed by atoms with Crippen LogP contribution in [0.5, 0.6) is 0 Å². The van der Waals surface area contributed by atoms with E-state index in [1.807, 2.05) is 30.3 Å². The number of sulfonamides is 2. The van der Waals surface area contributed by atoms with E-state index in [0.717, 1.165) is 18.4 Å². The van der Waals surface area contributed by atoms with E-state index in [4.69, 9.17) is 0 Å². The molecule has 0 spiro atoms. The van der Waals surface area contributed by atoms with Crippen LogP contribution in [-0.4, -0.2) is 34.2 Å². The largest absolute Gasteiger partial charge is 0.280 e. The fourth-order valence-corrected chi connectivity index (χ4v) is 6.41. The predicted octanol–water partition coefficient (Wildman–Crippen LogP) is 3.94. The van der Waals surface area contributed by atoms with Gasteiger partial charge in [0.25, 0.3) is 10.0 Å². The number of nitrogens with one attached hydrogen (secondary N) is 1. The van der Waals surface area contributed by atoms with E-state index in [2.05, 4.69) is 4.72 Å². The zero-order valence-corrected chi connectivity index (χ0v) is 17.9. The van der Waals surface area contributed by atoms with Gasteiger partial charge in [0, 0.05) is 18.7 Å². The van der Waals surface area contributed by atoms with Crippen LogP contribution in [0.25, 0.3) is 11.1 Å². The van der Waals surface area contributed by atoms with Gasteiger partial charge in [0.1, 0.15) is 0 Å². The number of nitrogens with zero attached hydrogens (tertiary/aromatic N) is 1. The third-order valence-electron chi connectivity index (χ3n) is 5.05. The van der Waals surface area contributed by atoms with Gasteiger partial charge in [-0.1, -0.05) is 54.6 Å². The highest BCUT2D eigenvalue weighted by atomic mass is 32.2. The van der Waals surface area contributed by atoms with E-state index in [1.165, 1.54) is 22.5 Å². The normalized spacial score (nSPS) is 15.2. The summed E-state index contributed by atoms with van der Waals surface area (Å²) in [6, 6.07) is 21.9. The van der Waals surface area contributed by atoms with Gasteiger partial charge in [0.15, 0.2) is 0 Å². The fourth-order valence-electron chi connectivity index (χ4n) is 3.56. The second-order valence-electron chi connectivity index (χ2n) is 7.11. The summed E-state index contributed by atoms with van der Waals surface area (Å²) in [6.45, 7) is 0.978. The third-order valence-corrected chi connectivity index (χ3v) is 8.38. The van der Waals surface area contributed by atoms with E-state index in [1.54, 1.807) is 30.3 Å². The van der Waals surface area contributed by atoms with Crippen molar-refractivity contribution >= 4 is 25.7 Å². The van der Waals surface area contributed by atoms with Crippen LogP contribution in [0.2, 0.25) is 0 Å². The summed E-state index contributed by atoms with van der Waals surface area (Å²) >= 11 is 0. The summed E-state index contributed by atoms with van der Waals surface area (Å²) in [5, 5.41) is 0. The molecule has 1 heterocycles. The van der Waals surface area contributed by atoms with E-state index in [0.29, 0.717) is 18.7 Å². The first kappa shape index (κ1) is 20.6. The molecule has 0 amide bonds. The zero-order chi connectivity index (χ0) is 21.2. The molecule has 0 bridgehead atoms. The number of anilines is 1. The molecular weight excluding hydrogens is 420 g/mol. The maximum Gasteiger partial charge on any atom is 0.262 e. The number of hydrogen-bond acceptors (Lipinski definition) is 4. The van der Waals surface area contributed by atoms with Crippen molar-refractivity contribution in [2.45, 2.75) is 22.6 Å². The van der Waals surface area contributed by atoms with E-state index < -0.39 is 20.0 Å². The predicted molar refractivity (Wildman–Crippen MR) is 117 cm³/mol. The minimum atomic E-state index is -3.93. The molecule has 3 aromatic rings. The zero-order valence-electron chi connectivity index (χ0n) is 16.2. The molecule has 0 aromatic heterocycles.